The zero-order chi connectivity index (χ0) is 16.5. The van der Waals surface area contributed by atoms with Crippen molar-refractivity contribution in [2.45, 2.75) is 31.9 Å². The lowest BCUT2D eigenvalue weighted by Gasteiger charge is -2.15. The van der Waals surface area contributed by atoms with Gasteiger partial charge in [-0.3, -0.25) is 9.59 Å². The molecule has 0 aromatic heterocycles. The largest absolute Gasteiger partial charge is 0.494 e. The predicted octanol–water partition coefficient (Wildman–Crippen LogP) is 1.03. The van der Waals surface area contributed by atoms with Crippen LogP contribution in [-0.2, 0) is 9.59 Å². The van der Waals surface area contributed by atoms with E-state index in [2.05, 4.69) is 5.32 Å². The smallest absolute Gasteiger partial charge is 0.321 e. The fourth-order valence-electron chi connectivity index (χ4n) is 1.94. The summed E-state index contributed by atoms with van der Waals surface area (Å²) < 4.78 is 5.30. The molecule has 7 nitrogen and oxygen atoms in total. The third-order valence-corrected chi connectivity index (χ3v) is 3.06. The molecule has 0 aliphatic rings. The van der Waals surface area contributed by atoms with Crippen molar-refractivity contribution in [1.29, 1.82) is 0 Å². The summed E-state index contributed by atoms with van der Waals surface area (Å²) in [5.41, 5.74) is 0.690. The molecular weight excluding hydrogens is 290 g/mol. The van der Waals surface area contributed by atoms with E-state index >= 15 is 0 Å². The van der Waals surface area contributed by atoms with E-state index in [4.69, 9.17) is 14.9 Å². The highest BCUT2D eigenvalue weighted by Gasteiger charge is 2.20. The zero-order valence-electron chi connectivity index (χ0n) is 12.4. The maximum absolute atomic E-state index is 10.9. The Morgan fingerprint density at radius 3 is 2.36 bits per heavy atom. The zero-order valence-corrected chi connectivity index (χ0v) is 12.4. The Morgan fingerprint density at radius 2 is 1.86 bits per heavy atom. The average molecular weight is 311 g/mol. The Hall–Kier alpha value is -2.12. The molecule has 1 aromatic rings. The van der Waals surface area contributed by atoms with Gasteiger partial charge in [0.05, 0.1) is 19.1 Å². The van der Waals surface area contributed by atoms with Crippen molar-refractivity contribution in [3.05, 3.63) is 29.8 Å². The molecule has 0 saturated carbocycles. The number of aliphatic carboxylic acids is 2. The third kappa shape index (κ3) is 6.11. The van der Waals surface area contributed by atoms with Crippen molar-refractivity contribution in [1.82, 2.24) is 5.32 Å². The van der Waals surface area contributed by atoms with Gasteiger partial charge in [0.2, 0.25) is 0 Å². The van der Waals surface area contributed by atoms with Crippen molar-refractivity contribution in [3.63, 3.8) is 0 Å². The summed E-state index contributed by atoms with van der Waals surface area (Å²) in [6.07, 6.45) is -0.992. The first-order valence-electron chi connectivity index (χ1n) is 7.02. The molecule has 0 aliphatic carbocycles. The van der Waals surface area contributed by atoms with Crippen LogP contribution >= 0.6 is 0 Å². The quantitative estimate of drug-likeness (QED) is 0.510. The number of aliphatic hydroxyl groups is 1. The van der Waals surface area contributed by atoms with Gasteiger partial charge in [0.15, 0.2) is 0 Å². The summed E-state index contributed by atoms with van der Waals surface area (Å²) in [7, 11) is 0. The van der Waals surface area contributed by atoms with Crippen LogP contribution in [0.1, 0.15) is 31.4 Å². The number of carboxylic acid groups (broad SMARTS) is 2. The highest BCUT2D eigenvalue weighted by molar-refractivity contribution is 5.80. The number of aliphatic hydroxyl groups excluding tert-OH is 1. The summed E-state index contributed by atoms with van der Waals surface area (Å²) >= 11 is 0. The van der Waals surface area contributed by atoms with Crippen LogP contribution in [0.15, 0.2) is 24.3 Å². The lowest BCUT2D eigenvalue weighted by molar-refractivity contribution is -0.145. The Morgan fingerprint density at radius 1 is 1.23 bits per heavy atom. The van der Waals surface area contributed by atoms with Gasteiger partial charge in [-0.1, -0.05) is 12.1 Å². The lowest BCUT2D eigenvalue weighted by atomic mass is 10.1. The van der Waals surface area contributed by atoms with E-state index in [9.17, 15) is 14.7 Å². The fourth-order valence-corrected chi connectivity index (χ4v) is 1.94. The number of ether oxygens (including phenoxy) is 1. The Balaban J connectivity index is 2.45. The second kappa shape index (κ2) is 9.01. The number of carbonyl (C=O) groups is 2. The average Bonchev–Trinajstić information content (AvgIpc) is 2.46. The fraction of sp³-hybridized carbons (Fsp3) is 0.467. The number of hydrogen-bond donors (Lipinski definition) is 4. The molecular formula is C15H21NO6. The van der Waals surface area contributed by atoms with Gasteiger partial charge in [0, 0.05) is 0 Å². The number of hydrogen-bond acceptors (Lipinski definition) is 5. The highest BCUT2D eigenvalue weighted by Crippen LogP contribution is 2.19. The molecule has 0 amide bonds. The van der Waals surface area contributed by atoms with E-state index in [-0.39, 0.29) is 13.0 Å². The van der Waals surface area contributed by atoms with Gasteiger partial charge in [0.25, 0.3) is 0 Å². The molecule has 1 rings (SSSR count). The molecule has 0 radical (unpaired) electrons. The normalized spacial score (nSPS) is 13.4. The van der Waals surface area contributed by atoms with Crippen LogP contribution in [0.2, 0.25) is 0 Å². The van der Waals surface area contributed by atoms with Crippen molar-refractivity contribution >= 4 is 11.9 Å². The molecule has 0 fully saturated rings. The van der Waals surface area contributed by atoms with Crippen LogP contribution < -0.4 is 10.1 Å². The van der Waals surface area contributed by atoms with Crippen LogP contribution in [0.25, 0.3) is 0 Å². The maximum Gasteiger partial charge on any atom is 0.321 e. The van der Waals surface area contributed by atoms with Crippen LogP contribution in [0.3, 0.4) is 0 Å². The van der Waals surface area contributed by atoms with Crippen molar-refractivity contribution < 1.29 is 29.6 Å². The molecule has 122 valence electrons. The predicted molar refractivity (Wildman–Crippen MR) is 78.9 cm³/mol. The van der Waals surface area contributed by atoms with Gasteiger partial charge >= 0.3 is 11.9 Å². The van der Waals surface area contributed by atoms with Crippen LogP contribution in [0.4, 0.5) is 0 Å². The summed E-state index contributed by atoms with van der Waals surface area (Å²) in [5.74, 6) is -1.70. The van der Waals surface area contributed by atoms with Gasteiger partial charge in [0.1, 0.15) is 11.8 Å². The minimum absolute atomic E-state index is 0.193. The van der Waals surface area contributed by atoms with E-state index in [0.29, 0.717) is 17.9 Å². The number of carboxylic acids is 2. The van der Waals surface area contributed by atoms with Crippen molar-refractivity contribution in [3.8, 4) is 5.75 Å². The van der Waals surface area contributed by atoms with E-state index < -0.39 is 30.5 Å². The molecule has 22 heavy (non-hydrogen) atoms. The minimum Gasteiger partial charge on any atom is -0.494 e. The molecule has 0 aliphatic heterocycles. The molecule has 4 N–H and O–H groups in total. The Labute approximate surface area is 128 Å². The number of nitrogens with one attached hydrogen (secondary N) is 1. The first-order chi connectivity index (χ1) is 10.4. The monoisotopic (exact) mass is 311 g/mol. The van der Waals surface area contributed by atoms with Crippen LogP contribution in [0.5, 0.6) is 5.75 Å². The first-order valence-corrected chi connectivity index (χ1v) is 7.02. The highest BCUT2D eigenvalue weighted by atomic mass is 16.5. The first kappa shape index (κ1) is 17.9. The molecule has 0 unspecified atom stereocenters. The van der Waals surface area contributed by atoms with Gasteiger partial charge in [-0.25, -0.2) is 0 Å². The van der Waals surface area contributed by atoms with Gasteiger partial charge < -0.3 is 25.4 Å². The summed E-state index contributed by atoms with van der Waals surface area (Å²) in [6.45, 7) is 2.63. The second-order valence-electron chi connectivity index (χ2n) is 4.75. The SMILES string of the molecule is CCOc1ccc([C@@H](O)CCN[C@@H](CC(=O)O)C(=O)O)cc1. The van der Waals surface area contributed by atoms with Gasteiger partial charge in [-0.2, -0.15) is 0 Å². The topological polar surface area (TPSA) is 116 Å². The standard InChI is InChI=1S/C15H21NO6/c1-2-22-11-5-3-10(4-6-11)13(17)7-8-16-12(15(20)21)9-14(18)19/h3-6,12-13,16-17H,2,7-9H2,1H3,(H,18,19)(H,20,21)/t12-,13-/m0/s1. The summed E-state index contributed by atoms with van der Waals surface area (Å²) in [4.78, 5) is 21.4. The van der Waals surface area contributed by atoms with Gasteiger partial charge in [-0.05, 0) is 37.6 Å². The van der Waals surface area contributed by atoms with Crippen molar-refractivity contribution in [2.24, 2.45) is 0 Å². The molecule has 2 atom stereocenters. The van der Waals surface area contributed by atoms with E-state index in [1.807, 2.05) is 6.92 Å². The lowest BCUT2D eigenvalue weighted by Crippen LogP contribution is -2.39. The summed E-state index contributed by atoms with van der Waals surface area (Å²) in [5, 5.41) is 30.2. The minimum atomic E-state index is -1.22. The number of rotatable bonds is 10. The Kier molecular flexibility index (Phi) is 7.34. The molecule has 0 saturated heterocycles. The maximum atomic E-state index is 10.9. The second-order valence-corrected chi connectivity index (χ2v) is 4.75. The van der Waals surface area contributed by atoms with Crippen molar-refractivity contribution in [2.75, 3.05) is 13.2 Å². The third-order valence-electron chi connectivity index (χ3n) is 3.06. The van der Waals surface area contributed by atoms with E-state index in [1.54, 1.807) is 24.3 Å². The van der Waals surface area contributed by atoms with Crippen LogP contribution in [-0.4, -0.2) is 46.5 Å². The molecule has 1 aromatic carbocycles. The van der Waals surface area contributed by atoms with Crippen LogP contribution in [0, 0.1) is 0 Å². The molecule has 0 spiro atoms. The molecule has 0 heterocycles. The Bertz CT molecular complexity index is 487. The molecule has 0 bridgehead atoms. The van der Waals surface area contributed by atoms with E-state index in [0.717, 1.165) is 0 Å². The van der Waals surface area contributed by atoms with Gasteiger partial charge in [-0.15, -0.1) is 0 Å². The number of benzene rings is 1. The summed E-state index contributed by atoms with van der Waals surface area (Å²) in [6, 6.07) is 5.81. The van der Waals surface area contributed by atoms with E-state index in [1.165, 1.54) is 0 Å². The molecule has 7 heteroatoms.